The first kappa shape index (κ1) is 20.5. The van der Waals surface area contributed by atoms with E-state index in [9.17, 15) is 4.79 Å². The van der Waals surface area contributed by atoms with Gasteiger partial charge in [-0.05, 0) is 59.0 Å². The number of aryl methyl sites for hydroxylation is 1. The molecule has 2 aromatic rings. The Morgan fingerprint density at radius 3 is 2.77 bits per heavy atom. The Bertz CT molecular complexity index is 746. The largest absolute Gasteiger partial charge is 0.356 e. The fraction of sp³-hybridized carbons (Fsp3) is 0.368. The highest BCUT2D eigenvalue weighted by Crippen LogP contribution is 2.20. The summed E-state index contributed by atoms with van der Waals surface area (Å²) in [6, 6.07) is 7.94. The third-order valence-corrected chi connectivity index (χ3v) is 5.21. The highest BCUT2D eigenvalue weighted by Gasteiger charge is 2.08. The average molecular weight is 437 g/mol. The zero-order chi connectivity index (χ0) is 18.9. The first-order valence-corrected chi connectivity index (χ1v) is 10.3. The molecule has 140 valence electrons. The van der Waals surface area contributed by atoms with E-state index in [-0.39, 0.29) is 5.91 Å². The van der Waals surface area contributed by atoms with Crippen molar-refractivity contribution >= 4 is 44.8 Å². The lowest BCUT2D eigenvalue weighted by atomic mass is 10.1. The van der Waals surface area contributed by atoms with Gasteiger partial charge in [0.15, 0.2) is 5.96 Å². The molecule has 1 amide bonds. The molecule has 0 radical (unpaired) electrons. The maximum atomic E-state index is 12.1. The quantitative estimate of drug-likeness (QED) is 0.451. The van der Waals surface area contributed by atoms with E-state index in [0.717, 1.165) is 22.3 Å². The molecule has 0 saturated carbocycles. The average Bonchev–Trinajstić information content (AvgIpc) is 3.15. The number of nitrogens with zero attached hydrogens (tertiary/aromatic N) is 1. The summed E-state index contributed by atoms with van der Waals surface area (Å²) < 4.78 is 1.00. The van der Waals surface area contributed by atoms with Gasteiger partial charge in [-0.3, -0.25) is 9.79 Å². The molecule has 2 rings (SSSR count). The Kier molecular flexibility index (Phi) is 8.12. The molecule has 1 aromatic heterocycles. The van der Waals surface area contributed by atoms with Gasteiger partial charge in [-0.25, -0.2) is 0 Å². The van der Waals surface area contributed by atoms with Gasteiger partial charge in [-0.1, -0.05) is 22.9 Å². The third kappa shape index (κ3) is 6.46. The molecule has 0 fully saturated rings. The minimum atomic E-state index is -0.0231. The number of benzene rings is 1. The zero-order valence-corrected chi connectivity index (χ0v) is 17.7. The number of amides is 1. The van der Waals surface area contributed by atoms with Gasteiger partial charge < -0.3 is 16.0 Å². The van der Waals surface area contributed by atoms with E-state index in [1.165, 1.54) is 5.56 Å². The van der Waals surface area contributed by atoms with Gasteiger partial charge in [0.1, 0.15) is 0 Å². The van der Waals surface area contributed by atoms with Gasteiger partial charge in [-0.2, -0.15) is 11.3 Å². The standard InChI is InChI=1S/C19H25BrN4OS/c1-13-10-16(20)4-5-17(13)24-18(25)6-8-22-19(21-3)23-11-14(2)15-7-9-26-12-15/h4-5,7,9-10,12,14H,6,8,11H2,1-3H3,(H,24,25)(H2,21,22,23). The zero-order valence-electron chi connectivity index (χ0n) is 15.3. The Hall–Kier alpha value is -1.86. The molecule has 1 atom stereocenters. The van der Waals surface area contributed by atoms with Crippen molar-refractivity contribution in [3.05, 3.63) is 50.6 Å². The molecular weight excluding hydrogens is 412 g/mol. The van der Waals surface area contributed by atoms with Gasteiger partial charge in [0.25, 0.3) is 0 Å². The lowest BCUT2D eigenvalue weighted by Gasteiger charge is -2.15. The second-order valence-electron chi connectivity index (χ2n) is 6.10. The van der Waals surface area contributed by atoms with Gasteiger partial charge in [0, 0.05) is 36.7 Å². The van der Waals surface area contributed by atoms with Crippen LogP contribution in [0, 0.1) is 6.92 Å². The van der Waals surface area contributed by atoms with Crippen molar-refractivity contribution in [1.29, 1.82) is 0 Å². The van der Waals surface area contributed by atoms with Crippen LogP contribution in [0.15, 0.2) is 44.5 Å². The number of aliphatic imine (C=N–C) groups is 1. The summed E-state index contributed by atoms with van der Waals surface area (Å²) in [5.41, 5.74) is 3.19. The van der Waals surface area contributed by atoms with E-state index in [2.05, 4.69) is 60.6 Å². The lowest BCUT2D eigenvalue weighted by molar-refractivity contribution is -0.116. The number of anilines is 1. The molecule has 0 saturated heterocycles. The molecule has 0 spiro atoms. The van der Waals surface area contributed by atoms with E-state index >= 15 is 0 Å². The molecule has 7 heteroatoms. The number of guanidine groups is 1. The van der Waals surface area contributed by atoms with Crippen LogP contribution in [0.3, 0.4) is 0 Å². The van der Waals surface area contributed by atoms with Crippen molar-refractivity contribution in [2.24, 2.45) is 4.99 Å². The van der Waals surface area contributed by atoms with Crippen LogP contribution in [-0.4, -0.2) is 32.0 Å². The fourth-order valence-electron chi connectivity index (χ4n) is 2.42. The Morgan fingerprint density at radius 1 is 1.31 bits per heavy atom. The summed E-state index contributed by atoms with van der Waals surface area (Å²) in [4.78, 5) is 16.3. The number of thiophene rings is 1. The minimum Gasteiger partial charge on any atom is -0.356 e. The van der Waals surface area contributed by atoms with E-state index < -0.39 is 0 Å². The highest BCUT2D eigenvalue weighted by molar-refractivity contribution is 9.10. The summed E-state index contributed by atoms with van der Waals surface area (Å²) >= 11 is 5.13. The smallest absolute Gasteiger partial charge is 0.226 e. The van der Waals surface area contributed by atoms with Crippen LogP contribution in [0.2, 0.25) is 0 Å². The van der Waals surface area contributed by atoms with E-state index in [1.807, 2.05) is 25.1 Å². The van der Waals surface area contributed by atoms with Crippen LogP contribution in [0.5, 0.6) is 0 Å². The van der Waals surface area contributed by atoms with Crippen LogP contribution in [0.25, 0.3) is 0 Å². The number of carbonyl (C=O) groups is 1. The number of nitrogens with one attached hydrogen (secondary N) is 3. The molecule has 1 heterocycles. The van der Waals surface area contributed by atoms with Crippen LogP contribution in [0.1, 0.15) is 30.4 Å². The third-order valence-electron chi connectivity index (χ3n) is 4.02. The van der Waals surface area contributed by atoms with Crippen molar-refractivity contribution in [2.75, 3.05) is 25.5 Å². The predicted molar refractivity (Wildman–Crippen MR) is 114 cm³/mol. The van der Waals surface area contributed by atoms with Crippen molar-refractivity contribution < 1.29 is 4.79 Å². The van der Waals surface area contributed by atoms with Crippen molar-refractivity contribution in [1.82, 2.24) is 10.6 Å². The maximum Gasteiger partial charge on any atom is 0.226 e. The summed E-state index contributed by atoms with van der Waals surface area (Å²) in [7, 11) is 1.73. The molecule has 0 aliphatic rings. The van der Waals surface area contributed by atoms with Gasteiger partial charge in [0.2, 0.25) is 5.91 Å². The number of hydrogen-bond acceptors (Lipinski definition) is 3. The number of hydrogen-bond donors (Lipinski definition) is 3. The lowest BCUT2D eigenvalue weighted by Crippen LogP contribution is -2.40. The van der Waals surface area contributed by atoms with E-state index in [0.29, 0.717) is 24.8 Å². The SMILES string of the molecule is CN=C(NCCC(=O)Nc1ccc(Br)cc1C)NCC(C)c1ccsc1. The molecule has 1 unspecified atom stereocenters. The van der Waals surface area contributed by atoms with E-state index in [4.69, 9.17) is 0 Å². The van der Waals surface area contributed by atoms with Gasteiger partial charge in [0.05, 0.1) is 0 Å². The van der Waals surface area contributed by atoms with Crippen LogP contribution < -0.4 is 16.0 Å². The number of carbonyl (C=O) groups excluding carboxylic acids is 1. The molecule has 26 heavy (non-hydrogen) atoms. The summed E-state index contributed by atoms with van der Waals surface area (Å²) in [6.07, 6.45) is 0.371. The fourth-order valence-corrected chi connectivity index (χ4v) is 3.68. The molecule has 3 N–H and O–H groups in total. The molecule has 1 aromatic carbocycles. The first-order valence-electron chi connectivity index (χ1n) is 8.52. The summed E-state index contributed by atoms with van der Waals surface area (Å²) in [6.45, 7) is 5.46. The Balaban J connectivity index is 1.72. The topological polar surface area (TPSA) is 65.5 Å². The molecule has 0 aliphatic heterocycles. The summed E-state index contributed by atoms with van der Waals surface area (Å²) in [5.74, 6) is 1.09. The van der Waals surface area contributed by atoms with Crippen molar-refractivity contribution in [3.63, 3.8) is 0 Å². The highest BCUT2D eigenvalue weighted by atomic mass is 79.9. The number of rotatable bonds is 7. The minimum absolute atomic E-state index is 0.0231. The Labute approximate surface area is 167 Å². The Morgan fingerprint density at radius 2 is 2.12 bits per heavy atom. The van der Waals surface area contributed by atoms with E-state index in [1.54, 1.807) is 18.4 Å². The first-order chi connectivity index (χ1) is 12.5. The van der Waals surface area contributed by atoms with Crippen LogP contribution >= 0.6 is 27.3 Å². The monoisotopic (exact) mass is 436 g/mol. The molecular formula is C19H25BrN4OS. The maximum absolute atomic E-state index is 12.1. The van der Waals surface area contributed by atoms with Gasteiger partial charge in [-0.15, -0.1) is 0 Å². The predicted octanol–water partition coefficient (Wildman–Crippen LogP) is 4.12. The van der Waals surface area contributed by atoms with Crippen LogP contribution in [-0.2, 0) is 4.79 Å². The van der Waals surface area contributed by atoms with Gasteiger partial charge >= 0.3 is 0 Å². The normalized spacial score (nSPS) is 12.5. The second-order valence-corrected chi connectivity index (χ2v) is 7.79. The van der Waals surface area contributed by atoms with Crippen molar-refractivity contribution in [2.45, 2.75) is 26.2 Å². The molecule has 0 bridgehead atoms. The molecule has 5 nitrogen and oxygen atoms in total. The second kappa shape index (κ2) is 10.3. The molecule has 0 aliphatic carbocycles. The van der Waals surface area contributed by atoms with Crippen LogP contribution in [0.4, 0.5) is 5.69 Å². The van der Waals surface area contributed by atoms with Crippen molar-refractivity contribution in [3.8, 4) is 0 Å². The summed E-state index contributed by atoms with van der Waals surface area (Å²) in [5, 5.41) is 13.7. The number of halogens is 1.